The Hall–Kier alpha value is -2.40. The minimum atomic E-state index is -0.158. The summed E-state index contributed by atoms with van der Waals surface area (Å²) in [6.07, 6.45) is 4.35. The first-order valence-electron chi connectivity index (χ1n) is 7.77. The molecule has 1 aromatic heterocycles. The second kappa shape index (κ2) is 8.90. The standard InChI is InChI=1S/C18H23N3O2/c1-15-13-19-9-7-17(15)8-10-20-18(23)21(11-12-22)14-16-5-3-2-4-6-16/h2-7,9,13,22H,8,10-12,14H2,1H3,(H,20,23). The maximum absolute atomic E-state index is 12.3. The first-order chi connectivity index (χ1) is 11.2. The second-order valence-electron chi connectivity index (χ2n) is 5.41. The molecule has 5 heteroatoms. The number of amides is 2. The molecule has 0 saturated carbocycles. The fraction of sp³-hybridized carbons (Fsp3) is 0.333. The van der Waals surface area contributed by atoms with Crippen LogP contribution < -0.4 is 5.32 Å². The number of hydrogen-bond donors (Lipinski definition) is 2. The number of nitrogens with one attached hydrogen (secondary N) is 1. The highest BCUT2D eigenvalue weighted by atomic mass is 16.3. The highest BCUT2D eigenvalue weighted by Gasteiger charge is 2.13. The summed E-state index contributed by atoms with van der Waals surface area (Å²) in [6, 6.07) is 11.6. The van der Waals surface area contributed by atoms with Crippen LogP contribution in [0.2, 0.25) is 0 Å². The minimum absolute atomic E-state index is 0.0519. The molecule has 0 unspecified atom stereocenters. The van der Waals surface area contributed by atoms with Crippen LogP contribution in [-0.4, -0.2) is 40.7 Å². The first kappa shape index (κ1) is 17.0. The lowest BCUT2D eigenvalue weighted by Gasteiger charge is -2.22. The normalized spacial score (nSPS) is 10.3. The predicted octanol–water partition coefficient (Wildman–Crippen LogP) is 2.14. The molecule has 1 heterocycles. The Morgan fingerprint density at radius 1 is 1.26 bits per heavy atom. The molecule has 0 aliphatic rings. The number of urea groups is 1. The smallest absolute Gasteiger partial charge is 0.317 e. The van der Waals surface area contributed by atoms with Crippen LogP contribution in [0.4, 0.5) is 4.79 Å². The van der Waals surface area contributed by atoms with Crippen LogP contribution in [-0.2, 0) is 13.0 Å². The van der Waals surface area contributed by atoms with Crippen molar-refractivity contribution >= 4 is 6.03 Å². The number of hydrogen-bond acceptors (Lipinski definition) is 3. The Morgan fingerprint density at radius 3 is 2.74 bits per heavy atom. The number of aliphatic hydroxyl groups is 1. The van der Waals surface area contributed by atoms with E-state index in [1.54, 1.807) is 11.1 Å². The lowest BCUT2D eigenvalue weighted by molar-refractivity contribution is 0.174. The number of pyridine rings is 1. The molecule has 23 heavy (non-hydrogen) atoms. The number of aliphatic hydroxyl groups excluding tert-OH is 1. The van der Waals surface area contributed by atoms with Gasteiger partial charge >= 0.3 is 6.03 Å². The Labute approximate surface area is 137 Å². The fourth-order valence-corrected chi connectivity index (χ4v) is 2.38. The summed E-state index contributed by atoms with van der Waals surface area (Å²) in [6.45, 7) is 3.32. The van der Waals surface area contributed by atoms with Gasteiger partial charge in [0.1, 0.15) is 0 Å². The van der Waals surface area contributed by atoms with Crippen molar-refractivity contribution < 1.29 is 9.90 Å². The maximum Gasteiger partial charge on any atom is 0.317 e. The molecule has 0 bridgehead atoms. The van der Waals surface area contributed by atoms with Gasteiger partial charge in [-0.1, -0.05) is 30.3 Å². The number of carbonyl (C=O) groups excluding carboxylic acids is 1. The molecule has 5 nitrogen and oxygen atoms in total. The van der Waals surface area contributed by atoms with Crippen molar-refractivity contribution in [1.29, 1.82) is 0 Å². The van der Waals surface area contributed by atoms with Gasteiger partial charge in [0.05, 0.1) is 6.61 Å². The van der Waals surface area contributed by atoms with Crippen LogP contribution >= 0.6 is 0 Å². The summed E-state index contributed by atoms with van der Waals surface area (Å²) in [7, 11) is 0. The average molecular weight is 313 g/mol. The monoisotopic (exact) mass is 313 g/mol. The average Bonchev–Trinajstić information content (AvgIpc) is 2.57. The van der Waals surface area contributed by atoms with Crippen LogP contribution in [0, 0.1) is 6.92 Å². The van der Waals surface area contributed by atoms with E-state index in [4.69, 9.17) is 0 Å². The topological polar surface area (TPSA) is 65.5 Å². The third-order valence-electron chi connectivity index (χ3n) is 3.68. The van der Waals surface area contributed by atoms with Gasteiger partial charge in [-0.2, -0.15) is 0 Å². The van der Waals surface area contributed by atoms with Crippen molar-refractivity contribution in [2.75, 3.05) is 19.7 Å². The predicted molar refractivity (Wildman–Crippen MR) is 90.0 cm³/mol. The SMILES string of the molecule is Cc1cnccc1CCNC(=O)N(CCO)Cc1ccccc1. The number of aryl methyl sites for hydroxylation is 1. The van der Waals surface area contributed by atoms with E-state index >= 15 is 0 Å². The lowest BCUT2D eigenvalue weighted by Crippen LogP contribution is -2.41. The lowest BCUT2D eigenvalue weighted by atomic mass is 10.1. The summed E-state index contributed by atoms with van der Waals surface area (Å²) in [4.78, 5) is 18.0. The Balaban J connectivity index is 1.87. The van der Waals surface area contributed by atoms with Gasteiger partial charge in [-0.25, -0.2) is 4.79 Å². The van der Waals surface area contributed by atoms with Crippen molar-refractivity contribution in [2.24, 2.45) is 0 Å². The number of aromatic nitrogens is 1. The summed E-state index contributed by atoms with van der Waals surface area (Å²) < 4.78 is 0. The zero-order valence-corrected chi connectivity index (χ0v) is 13.4. The van der Waals surface area contributed by atoms with E-state index in [-0.39, 0.29) is 12.6 Å². The van der Waals surface area contributed by atoms with Gasteiger partial charge in [-0.05, 0) is 36.1 Å². The molecule has 0 aliphatic carbocycles. The molecule has 2 amide bonds. The van der Waals surface area contributed by atoms with Gasteiger partial charge in [0.2, 0.25) is 0 Å². The van der Waals surface area contributed by atoms with Crippen molar-refractivity contribution in [1.82, 2.24) is 15.2 Å². The Kier molecular flexibility index (Phi) is 6.56. The van der Waals surface area contributed by atoms with Crippen LogP contribution in [0.1, 0.15) is 16.7 Å². The molecule has 2 N–H and O–H groups in total. The van der Waals surface area contributed by atoms with Gasteiger partial charge in [0.15, 0.2) is 0 Å². The maximum atomic E-state index is 12.3. The second-order valence-corrected chi connectivity index (χ2v) is 5.41. The number of carbonyl (C=O) groups is 1. The molecular formula is C18H23N3O2. The van der Waals surface area contributed by atoms with Gasteiger partial charge < -0.3 is 15.3 Å². The zero-order chi connectivity index (χ0) is 16.5. The summed E-state index contributed by atoms with van der Waals surface area (Å²) in [5.41, 5.74) is 3.34. The van der Waals surface area contributed by atoms with Gasteiger partial charge in [0.25, 0.3) is 0 Å². The van der Waals surface area contributed by atoms with Crippen LogP contribution in [0.3, 0.4) is 0 Å². The summed E-state index contributed by atoms with van der Waals surface area (Å²) in [5.74, 6) is 0. The number of benzene rings is 1. The molecule has 0 fully saturated rings. The quantitative estimate of drug-likeness (QED) is 0.823. The van der Waals surface area contributed by atoms with Crippen LogP contribution in [0.5, 0.6) is 0 Å². The van der Waals surface area contributed by atoms with Crippen LogP contribution in [0.25, 0.3) is 0 Å². The van der Waals surface area contributed by atoms with E-state index in [1.807, 2.05) is 49.5 Å². The van der Waals surface area contributed by atoms with Crippen molar-refractivity contribution in [3.63, 3.8) is 0 Å². The van der Waals surface area contributed by atoms with Crippen LogP contribution in [0.15, 0.2) is 48.8 Å². The molecule has 122 valence electrons. The molecule has 0 radical (unpaired) electrons. The first-order valence-corrected chi connectivity index (χ1v) is 7.77. The molecule has 1 aromatic carbocycles. The number of rotatable bonds is 7. The van der Waals surface area contributed by atoms with E-state index in [0.29, 0.717) is 19.6 Å². The highest BCUT2D eigenvalue weighted by Crippen LogP contribution is 2.06. The van der Waals surface area contributed by atoms with E-state index in [0.717, 1.165) is 17.5 Å². The molecule has 2 rings (SSSR count). The summed E-state index contributed by atoms with van der Waals surface area (Å²) in [5, 5.41) is 12.1. The van der Waals surface area contributed by atoms with Crippen molar-refractivity contribution in [3.8, 4) is 0 Å². The molecule has 0 atom stereocenters. The molecular weight excluding hydrogens is 290 g/mol. The Morgan fingerprint density at radius 2 is 2.04 bits per heavy atom. The van der Waals surface area contributed by atoms with E-state index < -0.39 is 0 Å². The fourth-order valence-electron chi connectivity index (χ4n) is 2.38. The Bertz CT molecular complexity index is 617. The largest absolute Gasteiger partial charge is 0.395 e. The van der Waals surface area contributed by atoms with Gasteiger partial charge in [0, 0.05) is 32.0 Å². The van der Waals surface area contributed by atoms with Crippen molar-refractivity contribution in [3.05, 3.63) is 65.5 Å². The number of nitrogens with zero attached hydrogens (tertiary/aromatic N) is 2. The van der Waals surface area contributed by atoms with Gasteiger partial charge in [-0.3, -0.25) is 4.98 Å². The molecule has 0 spiro atoms. The highest BCUT2D eigenvalue weighted by molar-refractivity contribution is 5.74. The van der Waals surface area contributed by atoms with Crippen molar-refractivity contribution in [2.45, 2.75) is 19.9 Å². The zero-order valence-electron chi connectivity index (χ0n) is 13.4. The molecule has 0 saturated heterocycles. The molecule has 0 aliphatic heterocycles. The van der Waals surface area contributed by atoms with Gasteiger partial charge in [-0.15, -0.1) is 0 Å². The summed E-state index contributed by atoms with van der Waals surface area (Å²) >= 11 is 0. The van der Waals surface area contributed by atoms with E-state index in [2.05, 4.69) is 10.3 Å². The molecule has 2 aromatic rings. The van der Waals surface area contributed by atoms with E-state index in [1.165, 1.54) is 5.56 Å². The van der Waals surface area contributed by atoms with E-state index in [9.17, 15) is 9.90 Å². The minimum Gasteiger partial charge on any atom is -0.395 e. The third kappa shape index (κ3) is 5.38. The third-order valence-corrected chi connectivity index (χ3v) is 3.68.